The molecule has 0 atom stereocenters. The van der Waals surface area contributed by atoms with Crippen LogP contribution in [0.4, 0.5) is 11.4 Å². The third-order valence-electron chi connectivity index (χ3n) is 6.78. The summed E-state index contributed by atoms with van der Waals surface area (Å²) in [5, 5.41) is 5.12. The van der Waals surface area contributed by atoms with E-state index in [9.17, 15) is 0 Å². The molecule has 0 N–H and O–H groups in total. The first-order valence-electron chi connectivity index (χ1n) is 12.3. The molecule has 0 saturated heterocycles. The van der Waals surface area contributed by atoms with E-state index in [2.05, 4.69) is 0 Å². The van der Waals surface area contributed by atoms with E-state index in [4.69, 9.17) is 35.0 Å². The lowest BCUT2D eigenvalue weighted by Gasteiger charge is -2.27. The zero-order valence-corrected chi connectivity index (χ0v) is 26.1. The lowest BCUT2D eigenvalue weighted by Crippen LogP contribution is -2.25. The maximum atomic E-state index is 15.1. The van der Waals surface area contributed by atoms with Gasteiger partial charge >= 0.3 is 0 Å². The molecule has 3 nitrogen and oxygen atoms in total. The van der Waals surface area contributed by atoms with Crippen molar-refractivity contribution in [1.82, 2.24) is 0 Å². The van der Waals surface area contributed by atoms with Crippen LogP contribution in [0.15, 0.2) is 97.1 Å². The fourth-order valence-corrected chi connectivity index (χ4v) is 12.6. The van der Waals surface area contributed by atoms with Crippen LogP contribution in [0.5, 0.6) is 0 Å². The molecule has 0 aliphatic carbocycles. The molecule has 0 radical (unpaired) electrons. The fraction of sp³-hybridized carbons (Fsp3) is 0.200. The minimum atomic E-state index is -3.01. The molecule has 0 aromatic heterocycles. The molecule has 0 aliphatic rings. The number of anilines is 2. The van der Waals surface area contributed by atoms with Crippen molar-refractivity contribution in [3.63, 3.8) is 0 Å². The zero-order chi connectivity index (χ0) is 27.5. The molecule has 0 amide bonds. The van der Waals surface area contributed by atoms with Gasteiger partial charge in [-0.05, 0) is 89.6 Å². The van der Waals surface area contributed by atoms with Gasteiger partial charge in [-0.3, -0.25) is 0 Å². The Morgan fingerprint density at radius 2 is 0.868 bits per heavy atom. The van der Waals surface area contributed by atoms with Gasteiger partial charge in [0.1, 0.15) is 7.14 Å². The van der Waals surface area contributed by atoms with Gasteiger partial charge < -0.3 is 14.4 Å². The van der Waals surface area contributed by atoms with E-state index in [0.717, 1.165) is 32.6 Å². The second kappa shape index (κ2) is 12.0. The van der Waals surface area contributed by atoms with Crippen LogP contribution in [0.2, 0.25) is 10.0 Å². The second-order valence-electron chi connectivity index (χ2n) is 9.70. The molecular formula is C30H32Cl2N2OP2S. The average molecular weight is 602 g/mol. The van der Waals surface area contributed by atoms with Crippen molar-refractivity contribution in [3.8, 4) is 0 Å². The van der Waals surface area contributed by atoms with E-state index in [0.29, 0.717) is 22.4 Å². The Kier molecular flexibility index (Phi) is 9.13. The van der Waals surface area contributed by atoms with E-state index in [-0.39, 0.29) is 0 Å². The van der Waals surface area contributed by atoms with Crippen molar-refractivity contribution in [3.05, 3.63) is 107 Å². The smallest absolute Gasteiger partial charge is 0.143 e. The summed E-state index contributed by atoms with van der Waals surface area (Å²) in [6, 6.07) is 29.4. The van der Waals surface area contributed by atoms with Crippen molar-refractivity contribution in [2.24, 2.45) is 0 Å². The highest BCUT2D eigenvalue weighted by atomic mass is 35.5. The Bertz CT molecular complexity index is 1370. The minimum Gasteiger partial charge on any atom is -0.378 e. The molecule has 198 valence electrons. The highest BCUT2D eigenvalue weighted by Gasteiger charge is 2.32. The molecule has 8 heteroatoms. The fourth-order valence-electron chi connectivity index (χ4n) is 4.44. The van der Waals surface area contributed by atoms with E-state index >= 15 is 4.57 Å². The number of rotatable bonds is 9. The Hall–Kier alpha value is -2.06. The standard InChI is InChI=1S/C30H32Cl2N2OP2S/c1-33(2)25-9-17-27(18-10-25)36(35,28-19-11-26(12-20-28)34(3)4)21-22-37(38,29-13-5-23(31)6-14-29)30-15-7-24(32)8-16-30/h5-20H,21-22H2,1-4H3. The summed E-state index contributed by atoms with van der Waals surface area (Å²) in [4.78, 5) is 4.09. The molecular weight excluding hydrogens is 569 g/mol. The van der Waals surface area contributed by atoms with Crippen LogP contribution in [0.1, 0.15) is 0 Å². The molecule has 4 rings (SSSR count). The highest BCUT2D eigenvalue weighted by molar-refractivity contribution is 8.22. The maximum absolute atomic E-state index is 15.1. The van der Waals surface area contributed by atoms with Gasteiger partial charge in [0.2, 0.25) is 0 Å². The van der Waals surface area contributed by atoms with Crippen LogP contribution in [-0.4, -0.2) is 40.5 Å². The Morgan fingerprint density at radius 3 is 1.18 bits per heavy atom. The van der Waals surface area contributed by atoms with Gasteiger partial charge in [0.05, 0.1) is 0 Å². The Morgan fingerprint density at radius 1 is 0.553 bits per heavy atom. The maximum Gasteiger partial charge on any atom is 0.143 e. The van der Waals surface area contributed by atoms with Crippen LogP contribution in [0, 0.1) is 0 Å². The highest BCUT2D eigenvalue weighted by Crippen LogP contribution is 2.51. The molecule has 0 bridgehead atoms. The summed E-state index contributed by atoms with van der Waals surface area (Å²) >= 11 is 18.9. The largest absolute Gasteiger partial charge is 0.378 e. The van der Waals surface area contributed by atoms with E-state index in [1.807, 2.05) is 135 Å². The lowest BCUT2D eigenvalue weighted by atomic mass is 10.3. The summed E-state index contributed by atoms with van der Waals surface area (Å²) in [6.45, 7) is 0. The molecule has 4 aromatic carbocycles. The predicted molar refractivity (Wildman–Crippen MR) is 175 cm³/mol. The number of hydrogen-bond donors (Lipinski definition) is 0. The first kappa shape index (κ1) is 28.9. The monoisotopic (exact) mass is 600 g/mol. The minimum absolute atomic E-state index is 0.457. The van der Waals surface area contributed by atoms with Crippen LogP contribution in [0.3, 0.4) is 0 Å². The normalized spacial score (nSPS) is 11.8. The van der Waals surface area contributed by atoms with E-state index in [1.54, 1.807) is 0 Å². The van der Waals surface area contributed by atoms with Gasteiger partial charge in [0, 0.05) is 72.4 Å². The quantitative estimate of drug-likeness (QED) is 0.203. The molecule has 38 heavy (non-hydrogen) atoms. The van der Waals surface area contributed by atoms with Gasteiger partial charge in [-0.25, -0.2) is 0 Å². The first-order chi connectivity index (χ1) is 18.0. The van der Waals surface area contributed by atoms with Gasteiger partial charge in [-0.15, -0.1) is 0 Å². The summed E-state index contributed by atoms with van der Waals surface area (Å²) in [5.41, 5.74) is 2.13. The van der Waals surface area contributed by atoms with Crippen molar-refractivity contribution in [2.45, 2.75) is 0 Å². The van der Waals surface area contributed by atoms with Crippen molar-refractivity contribution >= 4 is 80.8 Å². The summed E-state index contributed by atoms with van der Waals surface area (Å²) in [6.07, 6.45) is 1.06. The molecule has 0 fully saturated rings. The number of hydrogen-bond acceptors (Lipinski definition) is 4. The topological polar surface area (TPSA) is 23.6 Å². The lowest BCUT2D eigenvalue weighted by molar-refractivity contribution is 0.588. The number of halogens is 2. The van der Waals surface area contributed by atoms with Gasteiger partial charge in [0.15, 0.2) is 0 Å². The zero-order valence-electron chi connectivity index (χ0n) is 22.0. The molecule has 0 heterocycles. The number of nitrogens with zero attached hydrogens (tertiary/aromatic N) is 2. The van der Waals surface area contributed by atoms with Crippen molar-refractivity contribution in [2.75, 3.05) is 50.3 Å². The number of benzene rings is 4. The summed E-state index contributed by atoms with van der Waals surface area (Å²) in [7, 11) is 5.00. The average Bonchev–Trinajstić information content (AvgIpc) is 2.92. The van der Waals surface area contributed by atoms with Gasteiger partial charge in [-0.1, -0.05) is 59.3 Å². The molecule has 0 spiro atoms. The van der Waals surface area contributed by atoms with Gasteiger partial charge in [0.25, 0.3) is 0 Å². The van der Waals surface area contributed by atoms with E-state index < -0.39 is 13.2 Å². The molecule has 4 aromatic rings. The van der Waals surface area contributed by atoms with Crippen molar-refractivity contribution < 1.29 is 4.57 Å². The molecule has 0 saturated carbocycles. The van der Waals surface area contributed by atoms with Crippen LogP contribution in [0.25, 0.3) is 0 Å². The summed E-state index contributed by atoms with van der Waals surface area (Å²) < 4.78 is 15.1. The molecule has 0 unspecified atom stereocenters. The predicted octanol–water partition coefficient (Wildman–Crippen LogP) is 6.57. The second-order valence-corrected chi connectivity index (χ2v) is 18.4. The first-order valence-corrected chi connectivity index (χ1v) is 17.9. The third-order valence-corrected chi connectivity index (χ3v) is 15.7. The summed E-state index contributed by atoms with van der Waals surface area (Å²) in [5.74, 6) is 0. The SMILES string of the molecule is CN(C)c1ccc(P(=O)(CCP(=S)(c2ccc(Cl)cc2)c2ccc(Cl)cc2)c2ccc(N(C)C)cc2)cc1. The van der Waals surface area contributed by atoms with Crippen molar-refractivity contribution in [1.29, 1.82) is 0 Å². The van der Waals surface area contributed by atoms with Gasteiger partial charge in [-0.2, -0.15) is 0 Å². The van der Waals surface area contributed by atoms with Crippen LogP contribution in [-0.2, 0) is 16.4 Å². The van der Waals surface area contributed by atoms with Crippen LogP contribution >= 0.6 is 36.4 Å². The Labute approximate surface area is 241 Å². The van der Waals surface area contributed by atoms with Crippen LogP contribution < -0.4 is 31.0 Å². The van der Waals surface area contributed by atoms with E-state index in [1.165, 1.54) is 0 Å². The third kappa shape index (κ3) is 6.22. The Balaban J connectivity index is 1.80. The molecule has 0 aliphatic heterocycles.